The monoisotopic (exact) mass is 359 g/mol. The number of hydrogen-bond acceptors (Lipinski definition) is 4. The second-order valence-corrected chi connectivity index (χ2v) is 7.02. The lowest BCUT2D eigenvalue weighted by Gasteiger charge is -2.34. The molecule has 20 heavy (non-hydrogen) atoms. The number of hydrogen-bond donors (Lipinski definition) is 0. The molecule has 1 aromatic rings. The predicted octanol–water partition coefficient (Wildman–Crippen LogP) is 2.66. The van der Waals surface area contributed by atoms with Crippen LogP contribution in [0.15, 0.2) is 5.38 Å². The van der Waals surface area contributed by atoms with Gasteiger partial charge in [-0.1, -0.05) is 15.9 Å². The predicted molar refractivity (Wildman–Crippen MR) is 86.4 cm³/mol. The summed E-state index contributed by atoms with van der Waals surface area (Å²) in [7, 11) is 0. The Kier molecular flexibility index (Phi) is 6.45. The van der Waals surface area contributed by atoms with E-state index in [1.807, 2.05) is 11.8 Å². The van der Waals surface area contributed by atoms with Crippen molar-refractivity contribution in [3.63, 3.8) is 0 Å². The Hall–Kier alpha value is -0.460. The van der Waals surface area contributed by atoms with E-state index in [2.05, 4.69) is 31.2 Å². The molecule has 2 rings (SSSR count). The van der Waals surface area contributed by atoms with Gasteiger partial charge in [-0.15, -0.1) is 11.3 Å². The number of aromatic nitrogens is 1. The molecule has 0 saturated carbocycles. The first-order chi connectivity index (χ1) is 9.69. The summed E-state index contributed by atoms with van der Waals surface area (Å²) < 4.78 is 0. The first-order valence-electron chi connectivity index (χ1n) is 7.16. The molecule has 6 heteroatoms. The number of carbonyl (C=O) groups excluding carboxylic acids is 1. The Morgan fingerprint density at radius 3 is 2.70 bits per heavy atom. The molecule has 0 aliphatic carbocycles. The van der Waals surface area contributed by atoms with Crippen LogP contribution in [0.5, 0.6) is 0 Å². The Bertz CT molecular complexity index is 430. The number of piperazine rings is 1. The summed E-state index contributed by atoms with van der Waals surface area (Å²) in [6.07, 6.45) is 2.76. The van der Waals surface area contributed by atoms with Crippen LogP contribution in [0.3, 0.4) is 0 Å². The fraction of sp³-hybridized carbons (Fsp3) is 0.714. The van der Waals surface area contributed by atoms with E-state index in [1.165, 1.54) is 0 Å². The van der Waals surface area contributed by atoms with Gasteiger partial charge in [-0.25, -0.2) is 4.98 Å². The lowest BCUT2D eigenvalue weighted by atomic mass is 10.2. The molecule has 4 nitrogen and oxygen atoms in total. The van der Waals surface area contributed by atoms with Crippen molar-refractivity contribution in [2.75, 3.05) is 31.5 Å². The molecule has 0 atom stereocenters. The van der Waals surface area contributed by atoms with Gasteiger partial charge in [0.2, 0.25) is 5.91 Å². The number of thiazole rings is 1. The van der Waals surface area contributed by atoms with Gasteiger partial charge in [0.05, 0.1) is 10.7 Å². The minimum absolute atomic E-state index is 0.315. The van der Waals surface area contributed by atoms with Crippen LogP contribution >= 0.6 is 27.3 Å². The molecule has 0 N–H and O–H groups in total. The summed E-state index contributed by atoms with van der Waals surface area (Å²) in [6, 6.07) is 0. The zero-order chi connectivity index (χ0) is 14.4. The molecule has 1 fully saturated rings. The molecule has 0 aromatic carbocycles. The Morgan fingerprint density at radius 1 is 1.35 bits per heavy atom. The van der Waals surface area contributed by atoms with Crippen molar-refractivity contribution < 1.29 is 4.79 Å². The van der Waals surface area contributed by atoms with E-state index in [0.717, 1.165) is 61.6 Å². The fourth-order valence-corrected chi connectivity index (χ4v) is 3.39. The molecule has 0 radical (unpaired) electrons. The van der Waals surface area contributed by atoms with E-state index >= 15 is 0 Å². The molecule has 0 unspecified atom stereocenters. The lowest BCUT2D eigenvalue weighted by molar-refractivity contribution is -0.133. The van der Waals surface area contributed by atoms with Crippen LogP contribution < -0.4 is 0 Å². The molecule has 112 valence electrons. The Labute approximate surface area is 133 Å². The number of amides is 1. The smallest absolute Gasteiger partial charge is 0.222 e. The van der Waals surface area contributed by atoms with Gasteiger partial charge in [0.25, 0.3) is 0 Å². The van der Waals surface area contributed by atoms with E-state index in [-0.39, 0.29) is 0 Å². The van der Waals surface area contributed by atoms with E-state index in [9.17, 15) is 4.79 Å². The molecule has 0 bridgehead atoms. The van der Waals surface area contributed by atoms with Crippen molar-refractivity contribution in [2.24, 2.45) is 0 Å². The quantitative estimate of drug-likeness (QED) is 0.578. The zero-order valence-corrected chi connectivity index (χ0v) is 14.4. The first-order valence-corrected chi connectivity index (χ1v) is 9.16. The minimum atomic E-state index is 0.315. The van der Waals surface area contributed by atoms with Crippen LogP contribution in [0.25, 0.3) is 0 Å². The normalized spacial score (nSPS) is 16.6. The van der Waals surface area contributed by atoms with E-state index in [4.69, 9.17) is 0 Å². The van der Waals surface area contributed by atoms with Gasteiger partial charge in [0, 0.05) is 49.9 Å². The van der Waals surface area contributed by atoms with Gasteiger partial charge in [-0.2, -0.15) is 0 Å². The van der Waals surface area contributed by atoms with Crippen molar-refractivity contribution in [1.82, 2.24) is 14.8 Å². The molecule has 2 heterocycles. The van der Waals surface area contributed by atoms with Gasteiger partial charge in [-0.3, -0.25) is 9.69 Å². The molecular formula is C14H22BrN3OS. The van der Waals surface area contributed by atoms with Crippen molar-refractivity contribution in [2.45, 2.75) is 32.7 Å². The highest BCUT2D eigenvalue weighted by molar-refractivity contribution is 9.09. The molecule has 1 aliphatic rings. The highest BCUT2D eigenvalue weighted by atomic mass is 79.9. The number of carbonyl (C=O) groups is 1. The first kappa shape index (κ1) is 15.9. The average Bonchev–Trinajstić information content (AvgIpc) is 2.85. The summed E-state index contributed by atoms with van der Waals surface area (Å²) >= 11 is 5.10. The van der Waals surface area contributed by atoms with Crippen molar-refractivity contribution >= 4 is 33.2 Å². The average molecular weight is 360 g/mol. The van der Waals surface area contributed by atoms with Crippen molar-refractivity contribution in [3.8, 4) is 0 Å². The Morgan fingerprint density at radius 2 is 2.10 bits per heavy atom. The van der Waals surface area contributed by atoms with Crippen LogP contribution in [0.2, 0.25) is 0 Å². The Balaban J connectivity index is 1.70. The minimum Gasteiger partial charge on any atom is -0.340 e. The highest BCUT2D eigenvalue weighted by Crippen LogP contribution is 2.13. The van der Waals surface area contributed by atoms with Gasteiger partial charge >= 0.3 is 0 Å². The number of rotatable bonds is 6. The third-order valence-electron chi connectivity index (χ3n) is 3.55. The maximum atomic E-state index is 12.0. The number of alkyl halides is 1. The summed E-state index contributed by atoms with van der Waals surface area (Å²) in [5, 5.41) is 4.24. The van der Waals surface area contributed by atoms with Crippen LogP contribution in [-0.2, 0) is 11.3 Å². The van der Waals surface area contributed by atoms with E-state index < -0.39 is 0 Å². The fourth-order valence-electron chi connectivity index (χ4n) is 2.39. The number of halogens is 1. The van der Waals surface area contributed by atoms with Crippen molar-refractivity contribution in [3.05, 3.63) is 16.1 Å². The van der Waals surface area contributed by atoms with Gasteiger partial charge in [0.1, 0.15) is 0 Å². The van der Waals surface area contributed by atoms with Crippen LogP contribution in [0.4, 0.5) is 0 Å². The molecule has 1 amide bonds. The molecule has 1 aliphatic heterocycles. The second kappa shape index (κ2) is 8.10. The van der Waals surface area contributed by atoms with Crippen LogP contribution in [0.1, 0.15) is 30.0 Å². The van der Waals surface area contributed by atoms with Gasteiger partial charge in [0.15, 0.2) is 0 Å². The largest absolute Gasteiger partial charge is 0.340 e. The molecule has 1 aromatic heterocycles. The summed E-state index contributed by atoms with van der Waals surface area (Å²) in [6.45, 7) is 6.59. The lowest BCUT2D eigenvalue weighted by Crippen LogP contribution is -2.48. The standard InChI is InChI=1S/C14H22BrN3OS/c1-12-16-13(11-20-12)10-17-6-8-18(9-7-17)14(19)4-2-3-5-15/h11H,2-10H2,1H3. The molecular weight excluding hydrogens is 338 g/mol. The molecule has 0 spiro atoms. The summed E-state index contributed by atoms with van der Waals surface area (Å²) in [5.41, 5.74) is 1.16. The number of unbranched alkanes of at least 4 members (excludes halogenated alkanes) is 1. The van der Waals surface area contributed by atoms with Crippen LogP contribution in [0, 0.1) is 6.92 Å². The van der Waals surface area contributed by atoms with E-state index in [0.29, 0.717) is 12.3 Å². The number of aryl methyl sites for hydroxylation is 1. The van der Waals surface area contributed by atoms with Crippen LogP contribution in [-0.4, -0.2) is 52.2 Å². The zero-order valence-electron chi connectivity index (χ0n) is 12.0. The second-order valence-electron chi connectivity index (χ2n) is 5.16. The molecule has 1 saturated heterocycles. The SMILES string of the molecule is Cc1nc(CN2CCN(C(=O)CCCCBr)CC2)cs1. The third-order valence-corrected chi connectivity index (χ3v) is 4.93. The summed E-state index contributed by atoms with van der Waals surface area (Å²) in [5.74, 6) is 0.315. The van der Waals surface area contributed by atoms with Gasteiger partial charge in [-0.05, 0) is 19.8 Å². The van der Waals surface area contributed by atoms with E-state index in [1.54, 1.807) is 11.3 Å². The summed E-state index contributed by atoms with van der Waals surface area (Å²) in [4.78, 5) is 20.9. The highest BCUT2D eigenvalue weighted by Gasteiger charge is 2.21. The number of nitrogens with zero attached hydrogens (tertiary/aromatic N) is 3. The maximum Gasteiger partial charge on any atom is 0.222 e. The topological polar surface area (TPSA) is 36.4 Å². The van der Waals surface area contributed by atoms with Gasteiger partial charge < -0.3 is 4.90 Å². The maximum absolute atomic E-state index is 12.0. The third kappa shape index (κ3) is 4.82. The van der Waals surface area contributed by atoms with Crippen molar-refractivity contribution in [1.29, 1.82) is 0 Å².